The molecule has 0 saturated heterocycles. The lowest BCUT2D eigenvalue weighted by Crippen LogP contribution is -2.61. The number of carbonyl (C=O) groups is 1. The number of nitrogens with zero attached hydrogens (tertiary/aromatic N) is 1. The number of alkyl halides is 12. The van der Waals surface area contributed by atoms with Crippen molar-refractivity contribution in [2.24, 2.45) is 0 Å². The zero-order valence-electron chi connectivity index (χ0n) is 16.1. The summed E-state index contributed by atoms with van der Waals surface area (Å²) >= 11 is 0. The van der Waals surface area contributed by atoms with E-state index in [2.05, 4.69) is 18.9 Å². The molecule has 0 N–H and O–H groups in total. The highest BCUT2D eigenvalue weighted by Crippen LogP contribution is 2.49. The van der Waals surface area contributed by atoms with E-state index >= 15 is 0 Å². The van der Waals surface area contributed by atoms with Gasteiger partial charge in [0.05, 0.1) is 4.92 Å². The fraction of sp³-hybridized carbons (Fsp3) is 0.533. The Kier molecular flexibility index (Phi) is 8.83. The number of hydrogen-bond donors (Lipinski definition) is 0. The topological polar surface area (TPSA) is 97.1 Å². The Bertz CT molecular complexity index is 884. The van der Waals surface area contributed by atoms with E-state index in [1.807, 2.05) is 0 Å². The van der Waals surface area contributed by atoms with Gasteiger partial charge in [-0.2, -0.15) is 52.7 Å². The van der Waals surface area contributed by atoms with Crippen LogP contribution in [0.1, 0.15) is 0 Å². The van der Waals surface area contributed by atoms with Gasteiger partial charge >= 0.3 is 36.6 Å². The van der Waals surface area contributed by atoms with Gasteiger partial charge in [-0.15, -0.1) is 0 Å². The largest absolute Gasteiger partial charge is 0.513 e. The van der Waals surface area contributed by atoms with E-state index in [-0.39, 0.29) is 0 Å². The summed E-state index contributed by atoms with van der Waals surface area (Å²) in [7, 11) is 0. The molecular weight excluding hydrogens is 534 g/mol. The molecule has 1 rings (SSSR count). The minimum atomic E-state index is -7.03. The number of non-ortho nitro benzene ring substituents is 1. The molecule has 1 aromatic carbocycles. The molecule has 8 nitrogen and oxygen atoms in total. The molecule has 35 heavy (non-hydrogen) atoms. The molecule has 2 unspecified atom stereocenters. The molecule has 200 valence electrons. The maximum Gasteiger partial charge on any atom is 0.513 e. The van der Waals surface area contributed by atoms with Gasteiger partial charge in [0.25, 0.3) is 5.69 Å². The summed E-state index contributed by atoms with van der Waals surface area (Å²) in [5, 5.41) is 10.5. The minimum absolute atomic E-state index is 0.523. The van der Waals surface area contributed by atoms with Crippen molar-refractivity contribution in [2.75, 3.05) is 13.2 Å². The van der Waals surface area contributed by atoms with Crippen molar-refractivity contribution in [3.8, 4) is 5.75 Å². The molecule has 0 fully saturated rings. The van der Waals surface area contributed by atoms with Crippen molar-refractivity contribution in [2.45, 2.75) is 36.6 Å². The van der Waals surface area contributed by atoms with Gasteiger partial charge in [0.2, 0.25) is 0 Å². The van der Waals surface area contributed by atoms with Crippen LogP contribution in [0.3, 0.4) is 0 Å². The summed E-state index contributed by atoms with van der Waals surface area (Å²) in [5.41, 5.74) is -0.523. The average molecular weight is 543 g/mol. The molecule has 0 saturated carbocycles. The van der Waals surface area contributed by atoms with Crippen LogP contribution in [0, 0.1) is 10.1 Å². The van der Waals surface area contributed by atoms with Gasteiger partial charge in [0.15, 0.2) is 6.10 Å². The van der Waals surface area contributed by atoms with Gasteiger partial charge in [-0.1, -0.05) is 0 Å². The van der Waals surface area contributed by atoms with E-state index in [0.717, 1.165) is 24.3 Å². The van der Waals surface area contributed by atoms with Gasteiger partial charge in [-0.3, -0.25) is 14.9 Å². The smallest absolute Gasteiger partial charge is 0.431 e. The van der Waals surface area contributed by atoms with E-state index in [1.165, 1.54) is 0 Å². The number of benzene rings is 1. The zero-order chi connectivity index (χ0) is 27.5. The summed E-state index contributed by atoms with van der Waals surface area (Å²) in [6.07, 6.45) is -32.0. The lowest BCUT2D eigenvalue weighted by molar-refractivity contribution is -0.480. The molecule has 0 aromatic heterocycles. The third-order valence-electron chi connectivity index (χ3n) is 3.43. The summed E-state index contributed by atoms with van der Waals surface area (Å²) in [6.45, 7) is -5.69. The molecule has 0 radical (unpaired) electrons. The quantitative estimate of drug-likeness (QED) is 0.134. The van der Waals surface area contributed by atoms with Gasteiger partial charge < -0.3 is 14.2 Å². The van der Waals surface area contributed by atoms with Crippen molar-refractivity contribution < 1.29 is 81.4 Å². The fourth-order valence-corrected chi connectivity index (χ4v) is 1.87. The normalized spacial score (nSPS) is 15.8. The van der Waals surface area contributed by atoms with Crippen LogP contribution < -0.4 is 4.74 Å². The van der Waals surface area contributed by atoms with Gasteiger partial charge in [-0.25, -0.2) is 4.79 Å². The van der Waals surface area contributed by atoms with Crippen LogP contribution in [-0.4, -0.2) is 60.9 Å². The van der Waals surface area contributed by atoms with Crippen molar-refractivity contribution in [1.29, 1.82) is 0 Å². The third-order valence-corrected chi connectivity index (χ3v) is 3.43. The Morgan fingerprint density at radius 1 is 0.914 bits per heavy atom. The number of nitro benzene ring substituents is 1. The standard InChI is InChI=1S/C15H9F12NO7/c16-11(17,18)6-33-13(22,14(23,24)25)15(26,27)35-9(12(19,20)21)5-32-10(29)34-8-3-1-7(2-4-8)28(30)31/h1-4,9H,5-6H2. The Morgan fingerprint density at radius 2 is 1.43 bits per heavy atom. The summed E-state index contributed by atoms with van der Waals surface area (Å²) < 4.78 is 168. The molecular formula is C15H9F12NO7. The Morgan fingerprint density at radius 3 is 1.83 bits per heavy atom. The van der Waals surface area contributed by atoms with Crippen LogP contribution in [0.5, 0.6) is 5.75 Å². The van der Waals surface area contributed by atoms with E-state index in [9.17, 15) is 67.6 Å². The highest BCUT2D eigenvalue weighted by molar-refractivity contribution is 5.64. The molecule has 0 spiro atoms. The van der Waals surface area contributed by atoms with Crippen LogP contribution in [0.4, 0.5) is 63.2 Å². The Labute approximate surface area is 184 Å². The number of hydrogen-bond acceptors (Lipinski definition) is 7. The summed E-state index contributed by atoms with van der Waals surface area (Å²) in [5.74, 6) is -7.30. The second kappa shape index (κ2) is 10.3. The highest BCUT2D eigenvalue weighted by Gasteiger charge is 2.76. The predicted octanol–water partition coefficient (Wildman–Crippen LogP) is 5.46. The lowest BCUT2D eigenvalue weighted by Gasteiger charge is -2.36. The third kappa shape index (κ3) is 8.30. The van der Waals surface area contributed by atoms with Crippen molar-refractivity contribution in [3.05, 3.63) is 34.4 Å². The molecule has 0 aliphatic carbocycles. The van der Waals surface area contributed by atoms with E-state index in [1.54, 1.807) is 0 Å². The maximum atomic E-state index is 13.9. The molecule has 0 heterocycles. The first-order valence-electron chi connectivity index (χ1n) is 8.27. The van der Waals surface area contributed by atoms with Crippen molar-refractivity contribution in [1.82, 2.24) is 0 Å². The first kappa shape index (κ1) is 30.0. The molecule has 2 atom stereocenters. The fourth-order valence-electron chi connectivity index (χ4n) is 1.87. The van der Waals surface area contributed by atoms with E-state index in [0.29, 0.717) is 0 Å². The van der Waals surface area contributed by atoms with Crippen LogP contribution in [0.25, 0.3) is 0 Å². The van der Waals surface area contributed by atoms with Crippen molar-refractivity contribution >= 4 is 11.8 Å². The molecule has 0 bridgehead atoms. The molecule has 1 aromatic rings. The lowest BCUT2D eigenvalue weighted by atomic mass is 10.2. The Balaban J connectivity index is 3.01. The highest BCUT2D eigenvalue weighted by atomic mass is 19.4. The van der Waals surface area contributed by atoms with Crippen LogP contribution in [-0.2, 0) is 14.2 Å². The van der Waals surface area contributed by atoms with E-state index < -0.39 is 72.3 Å². The second-order valence-corrected chi connectivity index (χ2v) is 6.08. The zero-order valence-corrected chi connectivity index (χ0v) is 16.1. The Hall–Kier alpha value is -3.03. The minimum Gasteiger partial charge on any atom is -0.431 e. The predicted molar refractivity (Wildman–Crippen MR) is 82.8 cm³/mol. The van der Waals surface area contributed by atoms with Gasteiger partial charge in [-0.05, 0) is 12.1 Å². The SMILES string of the molecule is O=C(OCC(OC(F)(F)C(F)(OCC(F)(F)F)C(F)(F)F)C(F)(F)F)Oc1ccc([N+](=O)[O-])cc1. The number of nitro groups is 1. The maximum absolute atomic E-state index is 13.9. The van der Waals surface area contributed by atoms with E-state index in [4.69, 9.17) is 0 Å². The molecule has 0 aliphatic heterocycles. The van der Waals surface area contributed by atoms with Crippen LogP contribution >= 0.6 is 0 Å². The number of ether oxygens (including phenoxy) is 4. The van der Waals surface area contributed by atoms with Gasteiger partial charge in [0.1, 0.15) is 19.0 Å². The molecule has 20 heteroatoms. The number of carbonyl (C=O) groups excluding carboxylic acids is 1. The van der Waals surface area contributed by atoms with Gasteiger partial charge in [0, 0.05) is 12.1 Å². The first-order chi connectivity index (χ1) is 15.6. The number of halogens is 12. The molecule has 0 amide bonds. The van der Waals surface area contributed by atoms with Crippen molar-refractivity contribution in [3.63, 3.8) is 0 Å². The summed E-state index contributed by atoms with van der Waals surface area (Å²) in [6, 6.07) is 2.99. The average Bonchev–Trinajstić information content (AvgIpc) is 2.67. The monoisotopic (exact) mass is 543 g/mol. The number of rotatable bonds is 9. The second-order valence-electron chi connectivity index (χ2n) is 6.08. The summed E-state index contributed by atoms with van der Waals surface area (Å²) in [4.78, 5) is 21.0. The van der Waals surface area contributed by atoms with Crippen LogP contribution in [0.15, 0.2) is 24.3 Å². The first-order valence-corrected chi connectivity index (χ1v) is 8.27. The van der Waals surface area contributed by atoms with Crippen LogP contribution in [0.2, 0.25) is 0 Å². The molecule has 0 aliphatic rings.